The second-order valence-corrected chi connectivity index (χ2v) is 4.48. The molecule has 4 heteroatoms. The van der Waals surface area contributed by atoms with Crippen molar-refractivity contribution in [3.8, 4) is 5.75 Å². The van der Waals surface area contributed by atoms with Gasteiger partial charge in [0.05, 0.1) is 6.61 Å². The monoisotopic (exact) mass is 239 g/mol. The molecule has 96 valence electrons. The lowest BCUT2D eigenvalue weighted by molar-refractivity contribution is 0.272. The highest BCUT2D eigenvalue weighted by Gasteiger charge is 2.04. The van der Waals surface area contributed by atoms with Crippen molar-refractivity contribution in [2.75, 3.05) is 13.2 Å². The molecule has 0 aromatic carbocycles. The Hall–Kier alpha value is -1.29. The Morgan fingerprint density at radius 2 is 2.24 bits per heavy atom. The SMILES string of the molecule is CC(C)CCOc1cccn(CCCO)c1=O. The average Bonchev–Trinajstić information content (AvgIpc) is 2.29. The highest BCUT2D eigenvalue weighted by atomic mass is 16.5. The predicted molar refractivity (Wildman–Crippen MR) is 67.4 cm³/mol. The first-order valence-corrected chi connectivity index (χ1v) is 6.08. The fraction of sp³-hybridized carbons (Fsp3) is 0.615. The third-order valence-corrected chi connectivity index (χ3v) is 2.50. The van der Waals surface area contributed by atoms with Gasteiger partial charge in [-0.05, 0) is 30.9 Å². The van der Waals surface area contributed by atoms with Crippen molar-refractivity contribution < 1.29 is 9.84 Å². The summed E-state index contributed by atoms with van der Waals surface area (Å²) in [6, 6.07) is 3.49. The molecule has 1 heterocycles. The van der Waals surface area contributed by atoms with E-state index in [0.29, 0.717) is 31.2 Å². The van der Waals surface area contributed by atoms with Crippen LogP contribution in [0.15, 0.2) is 23.1 Å². The van der Waals surface area contributed by atoms with Crippen molar-refractivity contribution in [1.29, 1.82) is 0 Å². The minimum absolute atomic E-state index is 0.0882. The van der Waals surface area contributed by atoms with Gasteiger partial charge >= 0.3 is 0 Å². The first-order chi connectivity index (χ1) is 8.15. The summed E-state index contributed by atoms with van der Waals surface area (Å²) in [6.07, 6.45) is 3.23. The fourth-order valence-corrected chi connectivity index (χ4v) is 1.45. The van der Waals surface area contributed by atoms with Crippen LogP contribution in [0.5, 0.6) is 5.75 Å². The van der Waals surface area contributed by atoms with E-state index in [2.05, 4.69) is 13.8 Å². The lowest BCUT2D eigenvalue weighted by atomic mass is 10.1. The Morgan fingerprint density at radius 1 is 1.47 bits per heavy atom. The van der Waals surface area contributed by atoms with E-state index in [1.807, 2.05) is 0 Å². The molecule has 0 atom stereocenters. The van der Waals surface area contributed by atoms with Gasteiger partial charge in [0.25, 0.3) is 5.56 Å². The van der Waals surface area contributed by atoms with Gasteiger partial charge in [-0.25, -0.2) is 0 Å². The van der Waals surface area contributed by atoms with E-state index in [9.17, 15) is 4.79 Å². The molecule has 1 aromatic rings. The van der Waals surface area contributed by atoms with Crippen molar-refractivity contribution in [2.45, 2.75) is 33.2 Å². The van der Waals surface area contributed by atoms with Crippen molar-refractivity contribution in [1.82, 2.24) is 4.57 Å². The Balaban J connectivity index is 2.63. The molecule has 1 N–H and O–H groups in total. The maximum absolute atomic E-state index is 11.9. The quantitative estimate of drug-likeness (QED) is 0.787. The Morgan fingerprint density at radius 3 is 2.88 bits per heavy atom. The number of rotatable bonds is 7. The third-order valence-electron chi connectivity index (χ3n) is 2.50. The number of nitrogens with zero attached hydrogens (tertiary/aromatic N) is 1. The van der Waals surface area contributed by atoms with Crippen LogP contribution in [-0.4, -0.2) is 22.9 Å². The van der Waals surface area contributed by atoms with E-state index in [1.165, 1.54) is 0 Å². The molecule has 0 saturated carbocycles. The summed E-state index contributed by atoms with van der Waals surface area (Å²) in [6.45, 7) is 5.42. The number of aliphatic hydroxyl groups is 1. The van der Waals surface area contributed by atoms with Crippen LogP contribution in [0.1, 0.15) is 26.7 Å². The van der Waals surface area contributed by atoms with Crippen LogP contribution in [0, 0.1) is 5.92 Å². The molecule has 0 amide bonds. The van der Waals surface area contributed by atoms with Crippen LogP contribution in [-0.2, 0) is 6.54 Å². The minimum Gasteiger partial charge on any atom is -0.488 e. The van der Waals surface area contributed by atoms with Gasteiger partial charge < -0.3 is 14.4 Å². The summed E-state index contributed by atoms with van der Waals surface area (Å²) in [5.74, 6) is 0.960. The van der Waals surface area contributed by atoms with Crippen LogP contribution >= 0.6 is 0 Å². The Labute approximate surface area is 102 Å². The lowest BCUT2D eigenvalue weighted by Gasteiger charge is -2.10. The van der Waals surface area contributed by atoms with Crippen LogP contribution in [0.4, 0.5) is 0 Å². The summed E-state index contributed by atoms with van der Waals surface area (Å²) in [7, 11) is 0. The summed E-state index contributed by atoms with van der Waals surface area (Å²) in [5, 5.41) is 8.74. The molecule has 0 radical (unpaired) electrons. The zero-order valence-electron chi connectivity index (χ0n) is 10.6. The summed E-state index contributed by atoms with van der Waals surface area (Å²) in [5.41, 5.74) is -0.121. The maximum Gasteiger partial charge on any atom is 0.292 e. The average molecular weight is 239 g/mol. The molecule has 0 aliphatic carbocycles. The fourth-order valence-electron chi connectivity index (χ4n) is 1.45. The van der Waals surface area contributed by atoms with Crippen LogP contribution in [0.25, 0.3) is 0 Å². The van der Waals surface area contributed by atoms with Gasteiger partial charge in [0.15, 0.2) is 5.75 Å². The molecular formula is C13H21NO3. The van der Waals surface area contributed by atoms with E-state index >= 15 is 0 Å². The number of aromatic nitrogens is 1. The van der Waals surface area contributed by atoms with E-state index in [-0.39, 0.29) is 12.2 Å². The third kappa shape index (κ3) is 4.61. The summed E-state index contributed by atoms with van der Waals surface area (Å²) in [4.78, 5) is 11.9. The summed E-state index contributed by atoms with van der Waals surface area (Å²) >= 11 is 0. The highest BCUT2D eigenvalue weighted by molar-refractivity contribution is 5.17. The minimum atomic E-state index is -0.121. The summed E-state index contributed by atoms with van der Waals surface area (Å²) < 4.78 is 7.04. The van der Waals surface area contributed by atoms with Gasteiger partial charge in [0, 0.05) is 19.3 Å². The highest BCUT2D eigenvalue weighted by Crippen LogP contribution is 2.05. The van der Waals surface area contributed by atoms with Gasteiger partial charge in [-0.15, -0.1) is 0 Å². The number of hydrogen-bond donors (Lipinski definition) is 1. The van der Waals surface area contributed by atoms with E-state index in [1.54, 1.807) is 22.9 Å². The van der Waals surface area contributed by atoms with Crippen molar-refractivity contribution >= 4 is 0 Å². The molecule has 0 fully saturated rings. The molecule has 17 heavy (non-hydrogen) atoms. The van der Waals surface area contributed by atoms with E-state index in [0.717, 1.165) is 6.42 Å². The zero-order valence-corrected chi connectivity index (χ0v) is 10.6. The van der Waals surface area contributed by atoms with Gasteiger partial charge in [-0.1, -0.05) is 13.8 Å². The molecule has 0 aliphatic rings. The number of hydrogen-bond acceptors (Lipinski definition) is 3. The molecular weight excluding hydrogens is 218 g/mol. The molecule has 0 spiro atoms. The predicted octanol–water partition coefficient (Wildman–Crippen LogP) is 1.66. The van der Waals surface area contributed by atoms with Crippen LogP contribution < -0.4 is 10.3 Å². The van der Waals surface area contributed by atoms with Gasteiger partial charge in [-0.2, -0.15) is 0 Å². The Bertz CT molecular complexity index is 384. The first-order valence-electron chi connectivity index (χ1n) is 6.08. The van der Waals surface area contributed by atoms with Crippen molar-refractivity contribution in [3.05, 3.63) is 28.7 Å². The number of pyridine rings is 1. The molecule has 0 saturated heterocycles. The van der Waals surface area contributed by atoms with Gasteiger partial charge in [-0.3, -0.25) is 4.79 Å². The van der Waals surface area contributed by atoms with Gasteiger partial charge in [0.1, 0.15) is 0 Å². The molecule has 0 bridgehead atoms. The maximum atomic E-state index is 11.9. The molecule has 0 unspecified atom stereocenters. The first kappa shape index (κ1) is 13.8. The molecule has 1 aromatic heterocycles. The molecule has 4 nitrogen and oxygen atoms in total. The second-order valence-electron chi connectivity index (χ2n) is 4.48. The largest absolute Gasteiger partial charge is 0.488 e. The molecule has 1 rings (SSSR count). The smallest absolute Gasteiger partial charge is 0.292 e. The van der Waals surface area contributed by atoms with Crippen LogP contribution in [0.2, 0.25) is 0 Å². The van der Waals surface area contributed by atoms with Crippen LogP contribution in [0.3, 0.4) is 0 Å². The van der Waals surface area contributed by atoms with Crippen molar-refractivity contribution in [3.63, 3.8) is 0 Å². The normalized spacial score (nSPS) is 10.8. The van der Waals surface area contributed by atoms with E-state index in [4.69, 9.17) is 9.84 Å². The topological polar surface area (TPSA) is 51.5 Å². The number of aliphatic hydroxyl groups excluding tert-OH is 1. The van der Waals surface area contributed by atoms with Crippen molar-refractivity contribution in [2.24, 2.45) is 5.92 Å². The standard InChI is InChI=1S/C13H21NO3/c1-11(2)6-10-17-12-5-3-7-14(13(12)16)8-4-9-15/h3,5,7,11,15H,4,6,8-10H2,1-2H3. The second kappa shape index (κ2) is 7.12. The number of aryl methyl sites for hydroxylation is 1. The van der Waals surface area contributed by atoms with Gasteiger partial charge in [0.2, 0.25) is 0 Å². The lowest BCUT2D eigenvalue weighted by Crippen LogP contribution is -2.22. The Kier molecular flexibility index (Phi) is 5.77. The number of ether oxygens (including phenoxy) is 1. The van der Waals surface area contributed by atoms with E-state index < -0.39 is 0 Å². The molecule has 0 aliphatic heterocycles. The zero-order chi connectivity index (χ0) is 12.7.